The number of nitrogens with zero attached hydrogens (tertiary/aromatic N) is 4. The quantitative estimate of drug-likeness (QED) is 0.741. The van der Waals surface area contributed by atoms with Gasteiger partial charge in [-0.25, -0.2) is 4.68 Å². The van der Waals surface area contributed by atoms with E-state index < -0.39 is 0 Å². The van der Waals surface area contributed by atoms with E-state index in [0.717, 1.165) is 36.1 Å². The summed E-state index contributed by atoms with van der Waals surface area (Å²) >= 11 is 0. The van der Waals surface area contributed by atoms with Crippen molar-refractivity contribution >= 4 is 5.91 Å². The molecule has 3 heterocycles. The zero-order chi connectivity index (χ0) is 17.9. The van der Waals surface area contributed by atoms with Gasteiger partial charge < -0.3 is 9.84 Å². The highest BCUT2D eigenvalue weighted by Gasteiger charge is 2.16. The van der Waals surface area contributed by atoms with Gasteiger partial charge in [-0.3, -0.25) is 14.6 Å². The number of amides is 1. The van der Waals surface area contributed by atoms with Crippen molar-refractivity contribution in [3.8, 4) is 11.3 Å². The molecule has 1 aliphatic rings. The zero-order valence-electron chi connectivity index (χ0n) is 14.0. The van der Waals surface area contributed by atoms with Crippen LogP contribution in [0.5, 0.6) is 0 Å². The average molecular weight is 351 g/mol. The molecule has 1 N–H and O–H groups in total. The van der Waals surface area contributed by atoms with Crippen LogP contribution >= 0.6 is 0 Å². The minimum absolute atomic E-state index is 0.139. The fourth-order valence-electron chi connectivity index (χ4n) is 2.99. The largest absolute Gasteiger partial charge is 0.355 e. The Balaban J connectivity index is 1.38. The van der Waals surface area contributed by atoms with Crippen LogP contribution in [0.25, 0.3) is 11.3 Å². The topological polar surface area (TPSA) is 103 Å². The fourth-order valence-corrected chi connectivity index (χ4v) is 2.99. The SMILES string of the molecule is O=C(NCCn1nc2c(cc1=O)CCC2)c1cc(-c2cccnc2)on1. The monoisotopic (exact) mass is 351 g/mol. The number of carbonyl (C=O) groups excluding carboxylic acids is 1. The maximum absolute atomic E-state index is 12.2. The van der Waals surface area contributed by atoms with Gasteiger partial charge in [0.25, 0.3) is 11.5 Å². The first-order chi connectivity index (χ1) is 12.7. The van der Waals surface area contributed by atoms with Crippen molar-refractivity contribution in [1.82, 2.24) is 25.2 Å². The Hall–Kier alpha value is -3.29. The minimum Gasteiger partial charge on any atom is -0.355 e. The summed E-state index contributed by atoms with van der Waals surface area (Å²) < 4.78 is 6.58. The molecule has 8 heteroatoms. The van der Waals surface area contributed by atoms with Crippen LogP contribution in [0.1, 0.15) is 28.2 Å². The van der Waals surface area contributed by atoms with E-state index in [1.807, 2.05) is 6.07 Å². The molecular formula is C18H17N5O3. The van der Waals surface area contributed by atoms with Gasteiger partial charge in [0.15, 0.2) is 11.5 Å². The third-order valence-corrected chi connectivity index (χ3v) is 4.32. The van der Waals surface area contributed by atoms with Gasteiger partial charge in [0.2, 0.25) is 0 Å². The second kappa shape index (κ2) is 6.91. The van der Waals surface area contributed by atoms with E-state index in [9.17, 15) is 9.59 Å². The Bertz CT molecular complexity index is 994. The summed E-state index contributed by atoms with van der Waals surface area (Å²) in [6.07, 6.45) is 6.14. The summed E-state index contributed by atoms with van der Waals surface area (Å²) in [4.78, 5) is 28.2. The number of hydrogen-bond donors (Lipinski definition) is 1. The molecule has 0 saturated carbocycles. The van der Waals surface area contributed by atoms with Gasteiger partial charge in [-0.15, -0.1) is 0 Å². The summed E-state index contributed by atoms with van der Waals surface area (Å²) in [7, 11) is 0. The molecule has 4 rings (SSSR count). The number of fused-ring (bicyclic) bond motifs is 1. The highest BCUT2D eigenvalue weighted by atomic mass is 16.5. The van der Waals surface area contributed by atoms with E-state index >= 15 is 0 Å². The van der Waals surface area contributed by atoms with Crippen LogP contribution in [0.2, 0.25) is 0 Å². The van der Waals surface area contributed by atoms with Crippen LogP contribution in [-0.4, -0.2) is 32.4 Å². The first-order valence-corrected chi connectivity index (χ1v) is 8.46. The van der Waals surface area contributed by atoms with Crippen molar-refractivity contribution in [3.05, 3.63) is 64.0 Å². The van der Waals surface area contributed by atoms with Gasteiger partial charge >= 0.3 is 0 Å². The Kier molecular flexibility index (Phi) is 4.30. The highest BCUT2D eigenvalue weighted by Crippen LogP contribution is 2.19. The van der Waals surface area contributed by atoms with E-state index in [0.29, 0.717) is 12.3 Å². The molecule has 8 nitrogen and oxygen atoms in total. The van der Waals surface area contributed by atoms with Crippen molar-refractivity contribution in [2.45, 2.75) is 25.8 Å². The number of nitrogens with one attached hydrogen (secondary N) is 1. The second-order valence-corrected chi connectivity index (χ2v) is 6.11. The van der Waals surface area contributed by atoms with Gasteiger partial charge in [-0.1, -0.05) is 5.16 Å². The van der Waals surface area contributed by atoms with E-state index in [-0.39, 0.29) is 23.7 Å². The van der Waals surface area contributed by atoms with Crippen LogP contribution in [-0.2, 0) is 19.4 Å². The number of aromatic nitrogens is 4. The molecule has 0 fully saturated rings. The van der Waals surface area contributed by atoms with E-state index in [1.165, 1.54) is 4.68 Å². The summed E-state index contributed by atoms with van der Waals surface area (Å²) in [5.74, 6) is 0.109. The smallest absolute Gasteiger partial charge is 0.273 e. The van der Waals surface area contributed by atoms with Gasteiger partial charge in [-0.05, 0) is 37.0 Å². The molecule has 0 saturated heterocycles. The van der Waals surface area contributed by atoms with Crippen LogP contribution < -0.4 is 10.9 Å². The molecule has 3 aromatic rings. The summed E-state index contributed by atoms with van der Waals surface area (Å²) in [6.45, 7) is 0.588. The normalized spacial score (nSPS) is 12.8. The Morgan fingerprint density at radius 2 is 2.23 bits per heavy atom. The first kappa shape index (κ1) is 16.2. The predicted octanol–water partition coefficient (Wildman–Crippen LogP) is 1.21. The van der Waals surface area contributed by atoms with Crippen molar-refractivity contribution in [2.75, 3.05) is 6.54 Å². The third-order valence-electron chi connectivity index (χ3n) is 4.32. The minimum atomic E-state index is -0.363. The number of hydrogen-bond acceptors (Lipinski definition) is 6. The van der Waals surface area contributed by atoms with E-state index in [2.05, 4.69) is 20.6 Å². The molecule has 0 spiro atoms. The van der Waals surface area contributed by atoms with E-state index in [1.54, 1.807) is 30.6 Å². The van der Waals surface area contributed by atoms with Crippen molar-refractivity contribution in [1.29, 1.82) is 0 Å². The van der Waals surface area contributed by atoms with Crippen LogP contribution in [0, 0.1) is 0 Å². The van der Waals surface area contributed by atoms with Crippen LogP contribution in [0.15, 0.2) is 46.0 Å². The lowest BCUT2D eigenvalue weighted by molar-refractivity contribution is 0.0942. The Morgan fingerprint density at radius 3 is 3.08 bits per heavy atom. The lowest BCUT2D eigenvalue weighted by Gasteiger charge is -2.07. The molecular weight excluding hydrogens is 334 g/mol. The molecule has 0 atom stereocenters. The highest BCUT2D eigenvalue weighted by molar-refractivity contribution is 5.93. The Morgan fingerprint density at radius 1 is 1.31 bits per heavy atom. The molecule has 3 aromatic heterocycles. The molecule has 1 aliphatic carbocycles. The van der Waals surface area contributed by atoms with Crippen LogP contribution in [0.4, 0.5) is 0 Å². The van der Waals surface area contributed by atoms with Crippen molar-refractivity contribution in [3.63, 3.8) is 0 Å². The lowest BCUT2D eigenvalue weighted by atomic mass is 10.2. The average Bonchev–Trinajstić information content (AvgIpc) is 3.31. The summed E-state index contributed by atoms with van der Waals surface area (Å²) in [5.41, 5.74) is 2.81. The van der Waals surface area contributed by atoms with E-state index in [4.69, 9.17) is 4.52 Å². The zero-order valence-corrected chi connectivity index (χ0v) is 14.0. The van der Waals surface area contributed by atoms with Gasteiger partial charge in [0, 0.05) is 36.6 Å². The standard InChI is InChI=1S/C18H17N5O3/c24-17-9-12-3-1-5-14(12)21-23(17)8-7-20-18(25)15-10-16(26-22-15)13-4-2-6-19-11-13/h2,4,6,9-11H,1,3,5,7-8H2,(H,20,25). The molecule has 0 unspecified atom stereocenters. The predicted molar refractivity (Wildman–Crippen MR) is 92.6 cm³/mol. The maximum Gasteiger partial charge on any atom is 0.273 e. The van der Waals surface area contributed by atoms with Crippen molar-refractivity contribution < 1.29 is 9.32 Å². The summed E-state index contributed by atoms with van der Waals surface area (Å²) in [5, 5.41) is 10.9. The number of carbonyl (C=O) groups is 1. The second-order valence-electron chi connectivity index (χ2n) is 6.11. The van der Waals surface area contributed by atoms with Crippen LogP contribution in [0.3, 0.4) is 0 Å². The molecule has 0 bridgehead atoms. The molecule has 132 valence electrons. The third kappa shape index (κ3) is 3.26. The molecule has 26 heavy (non-hydrogen) atoms. The summed E-state index contributed by atoms with van der Waals surface area (Å²) in [6, 6.07) is 6.81. The maximum atomic E-state index is 12.2. The molecule has 1 amide bonds. The van der Waals surface area contributed by atoms with Crippen molar-refractivity contribution in [2.24, 2.45) is 0 Å². The number of rotatable bonds is 5. The Labute approximate surface area is 148 Å². The number of aryl methyl sites for hydroxylation is 2. The van der Waals surface area contributed by atoms with Gasteiger partial charge in [0.05, 0.1) is 12.2 Å². The lowest BCUT2D eigenvalue weighted by Crippen LogP contribution is -2.32. The molecule has 0 radical (unpaired) electrons. The van der Waals surface area contributed by atoms with Gasteiger partial charge in [0.1, 0.15) is 0 Å². The first-order valence-electron chi connectivity index (χ1n) is 8.46. The molecule has 0 aromatic carbocycles. The van der Waals surface area contributed by atoms with Gasteiger partial charge in [-0.2, -0.15) is 5.10 Å². The molecule has 0 aliphatic heterocycles. The fraction of sp³-hybridized carbons (Fsp3) is 0.278. The number of pyridine rings is 1.